The van der Waals surface area contributed by atoms with Gasteiger partial charge in [0.15, 0.2) is 0 Å². The molecule has 0 nitrogen and oxygen atoms in total. The van der Waals surface area contributed by atoms with E-state index >= 15 is 0 Å². The minimum absolute atomic E-state index is 0. The van der Waals surface area contributed by atoms with Crippen molar-refractivity contribution in [2.45, 2.75) is 25.7 Å². The van der Waals surface area contributed by atoms with Crippen LogP contribution in [0.4, 0.5) is 0 Å². The summed E-state index contributed by atoms with van der Waals surface area (Å²) in [6, 6.07) is 18.0. The molecule has 0 saturated carbocycles. The van der Waals surface area contributed by atoms with Crippen molar-refractivity contribution in [2.24, 2.45) is 0 Å². The van der Waals surface area contributed by atoms with Gasteiger partial charge >= 0.3 is 29.6 Å². The van der Waals surface area contributed by atoms with E-state index in [0.29, 0.717) is 0 Å². The fourth-order valence-electron chi connectivity index (χ4n) is 3.34. The molecule has 0 amide bonds. The molecule has 0 spiro atoms. The predicted octanol–water partition coefficient (Wildman–Crippen LogP) is 1.50. The number of benzene rings is 3. The van der Waals surface area contributed by atoms with Gasteiger partial charge in [0.1, 0.15) is 0 Å². The van der Waals surface area contributed by atoms with Crippen LogP contribution in [0.1, 0.15) is 24.0 Å². The smallest absolute Gasteiger partial charge is 1.00 e. The summed E-state index contributed by atoms with van der Waals surface area (Å²) in [5, 5.41) is 5.64. The average Bonchev–Trinajstić information content (AvgIpc) is 2.46. The molecule has 1 aliphatic rings. The Labute approximate surface area is 144 Å². The standard InChI is InChI=1S/C18H16.B.Na/c1-3-7-15-13(5-1)9-11-18-16-8-4-2-6-14(16)10-12-17(15)18;;/h1,3,5,7,9-12H,2,4,6,8H2;;/q;-1;+1. The van der Waals surface area contributed by atoms with Crippen LogP contribution in [-0.4, -0.2) is 8.41 Å². The first-order valence-corrected chi connectivity index (χ1v) is 6.86. The van der Waals surface area contributed by atoms with Gasteiger partial charge in [-0.15, -0.1) is 0 Å². The van der Waals surface area contributed by atoms with Gasteiger partial charge in [0.25, 0.3) is 0 Å². The van der Waals surface area contributed by atoms with Crippen molar-refractivity contribution in [3.05, 3.63) is 59.7 Å². The minimum Gasteiger partial charge on any atom is -1.00 e. The quantitative estimate of drug-likeness (QED) is 0.427. The van der Waals surface area contributed by atoms with Crippen molar-refractivity contribution in [2.75, 3.05) is 0 Å². The van der Waals surface area contributed by atoms with Crippen LogP contribution in [0.3, 0.4) is 0 Å². The first kappa shape index (κ1) is 15.6. The number of hydrogen-bond donors (Lipinski definition) is 0. The maximum atomic E-state index is 2.35. The van der Waals surface area contributed by atoms with Gasteiger partial charge in [-0.1, -0.05) is 48.5 Å². The Balaban J connectivity index is 0.000000735. The Kier molecular flexibility index (Phi) is 4.96. The van der Waals surface area contributed by atoms with Crippen molar-refractivity contribution in [1.29, 1.82) is 0 Å². The van der Waals surface area contributed by atoms with Crippen LogP contribution in [0, 0.1) is 0 Å². The molecule has 2 heteroatoms. The van der Waals surface area contributed by atoms with Crippen LogP contribution in [0.5, 0.6) is 0 Å². The number of rotatable bonds is 0. The van der Waals surface area contributed by atoms with Crippen LogP contribution in [0.2, 0.25) is 0 Å². The van der Waals surface area contributed by atoms with Gasteiger partial charge in [-0.25, -0.2) is 0 Å². The van der Waals surface area contributed by atoms with E-state index in [2.05, 4.69) is 48.5 Å². The zero-order chi connectivity index (χ0) is 11.9. The zero-order valence-electron chi connectivity index (χ0n) is 12.0. The SMILES string of the molecule is [B-].[Na+].c1ccc2c(c1)ccc1c3c(ccc12)CCCC3. The van der Waals surface area contributed by atoms with Crippen molar-refractivity contribution in [3.8, 4) is 0 Å². The Bertz CT molecular complexity index is 749. The van der Waals surface area contributed by atoms with Gasteiger partial charge in [0, 0.05) is 0 Å². The minimum atomic E-state index is 0. The van der Waals surface area contributed by atoms with Crippen LogP contribution in [0.25, 0.3) is 21.5 Å². The third kappa shape index (κ3) is 2.43. The number of aryl methyl sites for hydroxylation is 2. The molecule has 0 saturated heterocycles. The van der Waals surface area contributed by atoms with Crippen LogP contribution in [-0.2, 0) is 12.8 Å². The monoisotopic (exact) mass is 266 g/mol. The van der Waals surface area contributed by atoms with Crippen LogP contribution < -0.4 is 29.6 Å². The topological polar surface area (TPSA) is 0 Å². The maximum Gasteiger partial charge on any atom is 1.00 e. The normalized spacial score (nSPS) is 13.4. The van der Waals surface area contributed by atoms with E-state index in [9.17, 15) is 0 Å². The molecule has 3 aromatic rings. The molecule has 1 aliphatic carbocycles. The molecule has 0 heterocycles. The van der Waals surface area contributed by atoms with Crippen LogP contribution in [0.15, 0.2) is 48.5 Å². The van der Waals surface area contributed by atoms with Gasteiger partial charge in [0.05, 0.1) is 0 Å². The van der Waals surface area contributed by atoms with E-state index in [4.69, 9.17) is 0 Å². The molecule has 20 heavy (non-hydrogen) atoms. The van der Waals surface area contributed by atoms with Crippen molar-refractivity contribution in [3.63, 3.8) is 0 Å². The molecule has 0 fully saturated rings. The predicted molar refractivity (Wildman–Crippen MR) is 83.9 cm³/mol. The van der Waals surface area contributed by atoms with Crippen molar-refractivity contribution < 1.29 is 29.6 Å². The van der Waals surface area contributed by atoms with Gasteiger partial charge in [-0.05, 0) is 58.4 Å². The maximum absolute atomic E-state index is 2.35. The summed E-state index contributed by atoms with van der Waals surface area (Å²) in [5.74, 6) is 0. The fourth-order valence-corrected chi connectivity index (χ4v) is 3.34. The molecule has 4 rings (SSSR count). The van der Waals surface area contributed by atoms with E-state index in [1.165, 1.54) is 47.2 Å². The van der Waals surface area contributed by atoms with Gasteiger partial charge in [-0.3, -0.25) is 0 Å². The first-order chi connectivity index (χ1) is 8.93. The van der Waals surface area contributed by atoms with E-state index in [0.717, 1.165) is 0 Å². The summed E-state index contributed by atoms with van der Waals surface area (Å²) < 4.78 is 0. The van der Waals surface area contributed by atoms with Crippen molar-refractivity contribution in [1.82, 2.24) is 0 Å². The molecular weight excluding hydrogens is 250 g/mol. The molecule has 0 aromatic heterocycles. The largest absolute Gasteiger partial charge is 1.00 e. The molecule has 92 valence electrons. The van der Waals surface area contributed by atoms with Gasteiger partial charge in [-0.2, -0.15) is 0 Å². The summed E-state index contributed by atoms with van der Waals surface area (Å²) >= 11 is 0. The Hall–Kier alpha value is -0.755. The van der Waals surface area contributed by atoms with E-state index < -0.39 is 0 Å². The third-order valence-electron chi connectivity index (χ3n) is 4.26. The summed E-state index contributed by atoms with van der Waals surface area (Å²) in [5.41, 5.74) is 3.17. The second-order valence-electron chi connectivity index (χ2n) is 5.29. The number of hydrogen-bond acceptors (Lipinski definition) is 0. The van der Waals surface area contributed by atoms with Crippen LogP contribution >= 0.6 is 0 Å². The summed E-state index contributed by atoms with van der Waals surface area (Å²) in [6.45, 7) is 0. The molecule has 0 bridgehead atoms. The third-order valence-corrected chi connectivity index (χ3v) is 4.26. The Morgan fingerprint density at radius 3 is 2.30 bits per heavy atom. The molecule has 0 unspecified atom stereocenters. The van der Waals surface area contributed by atoms with Gasteiger partial charge < -0.3 is 8.41 Å². The zero-order valence-corrected chi connectivity index (χ0v) is 14.0. The molecule has 3 aromatic carbocycles. The molecular formula is C18H16BNa. The second kappa shape index (κ2) is 6.34. The molecule has 4 radical (unpaired) electrons. The Morgan fingerprint density at radius 2 is 1.40 bits per heavy atom. The van der Waals surface area contributed by atoms with E-state index in [-0.39, 0.29) is 38.0 Å². The Morgan fingerprint density at radius 1 is 0.650 bits per heavy atom. The first-order valence-electron chi connectivity index (χ1n) is 6.86. The molecule has 0 atom stereocenters. The molecule has 0 aliphatic heterocycles. The molecule has 0 N–H and O–H groups in total. The van der Waals surface area contributed by atoms with E-state index in [1.54, 1.807) is 11.1 Å². The van der Waals surface area contributed by atoms with Crippen molar-refractivity contribution >= 4 is 30.0 Å². The fraction of sp³-hybridized carbons (Fsp3) is 0.222. The van der Waals surface area contributed by atoms with E-state index in [1.807, 2.05) is 0 Å². The second-order valence-corrected chi connectivity index (χ2v) is 5.29. The van der Waals surface area contributed by atoms with Gasteiger partial charge in [0.2, 0.25) is 0 Å². The summed E-state index contributed by atoms with van der Waals surface area (Å²) in [7, 11) is 0. The average molecular weight is 266 g/mol. The summed E-state index contributed by atoms with van der Waals surface area (Å²) in [4.78, 5) is 0. The summed E-state index contributed by atoms with van der Waals surface area (Å²) in [6.07, 6.45) is 5.22. The number of fused-ring (bicyclic) bond motifs is 5.